The van der Waals surface area contributed by atoms with E-state index in [2.05, 4.69) is 10.6 Å². The standard InChI is InChI=1S/C33H32N6O/c1-38(2)27-19-15-25(16-20-27)34-32-30(36-31(37-32)24-13-9-6-10-14-24)29(23-11-7-5-8-12-23)33(40)35-26-17-21-28(22-18-26)39(3)4/h5-22H,1-4H3,(H,35,40)(H,34,36,37)/b30-29+. The van der Waals surface area contributed by atoms with Gasteiger partial charge in [-0.25, -0.2) is 9.98 Å². The summed E-state index contributed by atoms with van der Waals surface area (Å²) in [6, 6.07) is 35.1. The average molecular weight is 529 g/mol. The van der Waals surface area contributed by atoms with Crippen LogP contribution in [-0.2, 0) is 4.79 Å². The van der Waals surface area contributed by atoms with Crippen LogP contribution in [0.25, 0.3) is 5.57 Å². The lowest BCUT2D eigenvalue weighted by atomic mass is 10.0. The molecule has 7 heteroatoms. The molecular weight excluding hydrogens is 496 g/mol. The zero-order valence-corrected chi connectivity index (χ0v) is 23.1. The summed E-state index contributed by atoms with van der Waals surface area (Å²) < 4.78 is 0. The van der Waals surface area contributed by atoms with Gasteiger partial charge in [0.1, 0.15) is 5.70 Å². The van der Waals surface area contributed by atoms with E-state index in [-0.39, 0.29) is 5.91 Å². The summed E-state index contributed by atoms with van der Waals surface area (Å²) in [6.07, 6.45) is 0. The summed E-state index contributed by atoms with van der Waals surface area (Å²) in [4.78, 5) is 27.8. The van der Waals surface area contributed by atoms with Gasteiger partial charge in [-0.05, 0) is 54.1 Å². The zero-order chi connectivity index (χ0) is 28.1. The number of nitrogens with zero attached hydrogens (tertiary/aromatic N) is 4. The quantitative estimate of drug-likeness (QED) is 0.283. The molecule has 0 aliphatic carbocycles. The lowest BCUT2D eigenvalue weighted by Crippen LogP contribution is -2.20. The van der Waals surface area contributed by atoms with Crippen LogP contribution >= 0.6 is 0 Å². The summed E-state index contributed by atoms with van der Waals surface area (Å²) in [6.45, 7) is 0. The molecule has 1 amide bonds. The van der Waals surface area contributed by atoms with Gasteiger partial charge in [-0.3, -0.25) is 4.79 Å². The normalized spacial score (nSPS) is 13.7. The van der Waals surface area contributed by atoms with E-state index in [1.54, 1.807) is 0 Å². The number of carbonyl (C=O) groups excluding carboxylic acids is 1. The average Bonchev–Trinajstić information content (AvgIpc) is 3.37. The fraction of sp³-hybridized carbons (Fsp3) is 0.121. The molecule has 200 valence electrons. The Morgan fingerprint density at radius 3 is 1.70 bits per heavy atom. The van der Waals surface area contributed by atoms with Crippen LogP contribution in [0.15, 0.2) is 125 Å². The van der Waals surface area contributed by atoms with Gasteiger partial charge in [0, 0.05) is 56.5 Å². The van der Waals surface area contributed by atoms with Gasteiger partial charge in [-0.15, -0.1) is 0 Å². The first kappa shape index (κ1) is 26.4. The van der Waals surface area contributed by atoms with Gasteiger partial charge >= 0.3 is 0 Å². The molecule has 0 unspecified atom stereocenters. The highest BCUT2D eigenvalue weighted by molar-refractivity contribution is 6.35. The number of benzene rings is 4. The van der Waals surface area contributed by atoms with Crippen LogP contribution in [0.1, 0.15) is 11.1 Å². The molecule has 5 rings (SSSR count). The van der Waals surface area contributed by atoms with Crippen LogP contribution in [0.4, 0.5) is 22.7 Å². The second kappa shape index (κ2) is 11.7. The van der Waals surface area contributed by atoms with Crippen LogP contribution in [0.5, 0.6) is 0 Å². The minimum Gasteiger partial charge on any atom is -0.378 e. The number of carbonyl (C=O) groups is 1. The Bertz CT molecular complexity index is 1570. The smallest absolute Gasteiger partial charge is 0.258 e. The maximum absolute atomic E-state index is 13.9. The molecule has 4 aromatic carbocycles. The van der Waals surface area contributed by atoms with E-state index in [1.165, 1.54) is 0 Å². The number of amidine groups is 2. The summed E-state index contributed by atoms with van der Waals surface area (Å²) in [5.74, 6) is 0.780. The predicted molar refractivity (Wildman–Crippen MR) is 168 cm³/mol. The van der Waals surface area contributed by atoms with Gasteiger partial charge in [0.25, 0.3) is 5.91 Å². The number of hydrogen-bond donors (Lipinski definition) is 2. The molecule has 0 fully saturated rings. The minimum atomic E-state index is -0.269. The van der Waals surface area contributed by atoms with E-state index >= 15 is 0 Å². The summed E-state index contributed by atoms with van der Waals surface area (Å²) in [5, 5.41) is 6.49. The summed E-state index contributed by atoms with van der Waals surface area (Å²) in [5.41, 5.74) is 6.19. The van der Waals surface area contributed by atoms with Crippen molar-refractivity contribution in [3.63, 3.8) is 0 Å². The SMILES string of the molecule is CN(C)c1ccc(NC(=O)/C(=C2/N=C(c3ccccc3)N=C2Nc2ccc(N(C)C)cc2)c2ccccc2)cc1. The van der Waals surface area contributed by atoms with Crippen molar-refractivity contribution >= 4 is 45.9 Å². The molecule has 40 heavy (non-hydrogen) atoms. The van der Waals surface area contributed by atoms with Crippen LogP contribution in [0.3, 0.4) is 0 Å². The van der Waals surface area contributed by atoms with Crippen molar-refractivity contribution in [2.45, 2.75) is 0 Å². The van der Waals surface area contributed by atoms with E-state index in [4.69, 9.17) is 9.98 Å². The Morgan fingerprint density at radius 2 is 1.15 bits per heavy atom. The van der Waals surface area contributed by atoms with Crippen molar-refractivity contribution in [2.24, 2.45) is 9.98 Å². The van der Waals surface area contributed by atoms with Crippen molar-refractivity contribution < 1.29 is 4.79 Å². The summed E-state index contributed by atoms with van der Waals surface area (Å²) >= 11 is 0. The molecule has 4 aromatic rings. The van der Waals surface area contributed by atoms with E-state index in [0.29, 0.717) is 28.6 Å². The Labute approximate surface area is 235 Å². The van der Waals surface area contributed by atoms with Gasteiger partial charge in [-0.2, -0.15) is 0 Å². The molecule has 1 heterocycles. The second-order valence-electron chi connectivity index (χ2n) is 9.81. The van der Waals surface area contributed by atoms with Crippen LogP contribution in [0, 0.1) is 0 Å². The Morgan fingerprint density at radius 1 is 0.625 bits per heavy atom. The number of aliphatic imine (C=N–C) groups is 2. The number of hydrogen-bond acceptors (Lipinski definition) is 6. The number of nitrogens with one attached hydrogen (secondary N) is 2. The molecule has 1 aliphatic heterocycles. The highest BCUT2D eigenvalue weighted by atomic mass is 16.1. The fourth-order valence-corrected chi connectivity index (χ4v) is 4.32. The van der Waals surface area contributed by atoms with Gasteiger partial charge in [-0.1, -0.05) is 60.7 Å². The van der Waals surface area contributed by atoms with E-state index in [9.17, 15) is 4.79 Å². The third kappa shape index (κ3) is 5.94. The molecule has 0 bridgehead atoms. The molecule has 0 saturated carbocycles. The number of amides is 1. The maximum atomic E-state index is 13.9. The lowest BCUT2D eigenvalue weighted by Gasteiger charge is -2.16. The first-order valence-corrected chi connectivity index (χ1v) is 13.0. The lowest BCUT2D eigenvalue weighted by molar-refractivity contribution is -0.111. The Kier molecular flexibility index (Phi) is 7.73. The van der Waals surface area contributed by atoms with Crippen LogP contribution < -0.4 is 20.4 Å². The summed E-state index contributed by atoms with van der Waals surface area (Å²) in [7, 11) is 7.97. The van der Waals surface area contributed by atoms with E-state index in [0.717, 1.165) is 28.2 Å². The maximum Gasteiger partial charge on any atom is 0.258 e. The zero-order valence-electron chi connectivity index (χ0n) is 23.1. The van der Waals surface area contributed by atoms with E-state index in [1.807, 2.05) is 147 Å². The molecule has 0 aromatic heterocycles. The van der Waals surface area contributed by atoms with E-state index < -0.39 is 0 Å². The molecular formula is C33H32N6O. The molecule has 0 saturated heterocycles. The first-order chi connectivity index (χ1) is 19.4. The highest BCUT2D eigenvalue weighted by Crippen LogP contribution is 2.29. The first-order valence-electron chi connectivity index (χ1n) is 13.0. The predicted octanol–water partition coefficient (Wildman–Crippen LogP) is 6.14. The van der Waals surface area contributed by atoms with Crippen molar-refractivity contribution in [1.82, 2.24) is 0 Å². The molecule has 1 aliphatic rings. The van der Waals surface area contributed by atoms with Gasteiger partial charge in [0.15, 0.2) is 11.7 Å². The number of rotatable bonds is 7. The van der Waals surface area contributed by atoms with Crippen LogP contribution in [-0.4, -0.2) is 45.8 Å². The third-order valence-electron chi connectivity index (χ3n) is 6.51. The van der Waals surface area contributed by atoms with Gasteiger partial charge < -0.3 is 20.4 Å². The monoisotopic (exact) mass is 528 g/mol. The Hall–Kier alpha value is -5.17. The van der Waals surface area contributed by atoms with Crippen molar-refractivity contribution in [3.8, 4) is 0 Å². The van der Waals surface area contributed by atoms with Gasteiger partial charge in [0.2, 0.25) is 0 Å². The van der Waals surface area contributed by atoms with Crippen molar-refractivity contribution in [2.75, 3.05) is 48.6 Å². The molecule has 2 N–H and O–H groups in total. The van der Waals surface area contributed by atoms with Crippen molar-refractivity contribution in [1.29, 1.82) is 0 Å². The van der Waals surface area contributed by atoms with Crippen LogP contribution in [0.2, 0.25) is 0 Å². The highest BCUT2D eigenvalue weighted by Gasteiger charge is 2.27. The van der Waals surface area contributed by atoms with Crippen molar-refractivity contribution in [3.05, 3.63) is 126 Å². The number of anilines is 4. The van der Waals surface area contributed by atoms with Gasteiger partial charge in [0.05, 0.1) is 5.57 Å². The largest absolute Gasteiger partial charge is 0.378 e. The molecule has 0 spiro atoms. The fourth-order valence-electron chi connectivity index (χ4n) is 4.32. The molecule has 0 atom stereocenters. The molecule has 7 nitrogen and oxygen atoms in total. The minimum absolute atomic E-state index is 0.269. The Balaban J connectivity index is 1.59. The third-order valence-corrected chi connectivity index (χ3v) is 6.51. The molecule has 0 radical (unpaired) electrons. The second-order valence-corrected chi connectivity index (χ2v) is 9.81. The topological polar surface area (TPSA) is 72.3 Å².